The number of hydrogen-bond acceptors (Lipinski definition) is 4. The van der Waals surface area contributed by atoms with E-state index in [1.165, 1.54) is 0 Å². The summed E-state index contributed by atoms with van der Waals surface area (Å²) >= 11 is 0. The maximum atomic E-state index is 11.6. The van der Waals surface area contributed by atoms with E-state index in [0.717, 1.165) is 31.0 Å². The van der Waals surface area contributed by atoms with Crippen molar-refractivity contribution in [2.75, 3.05) is 25.5 Å². The average molecular weight is 234 g/mol. The summed E-state index contributed by atoms with van der Waals surface area (Å²) in [6.45, 7) is 4.28. The Hall–Kier alpha value is -1.62. The van der Waals surface area contributed by atoms with Gasteiger partial charge in [-0.05, 0) is 13.0 Å². The minimum Gasteiger partial charge on any atom is -0.373 e. The molecule has 1 fully saturated rings. The molecule has 1 atom stereocenters. The zero-order chi connectivity index (χ0) is 12.3. The first-order valence-electron chi connectivity index (χ1n) is 5.86. The summed E-state index contributed by atoms with van der Waals surface area (Å²) in [6.07, 6.45) is 1.77. The molecule has 5 heteroatoms. The van der Waals surface area contributed by atoms with Crippen molar-refractivity contribution in [1.29, 1.82) is 0 Å². The number of pyridine rings is 1. The van der Waals surface area contributed by atoms with Gasteiger partial charge in [-0.15, -0.1) is 0 Å². The fourth-order valence-electron chi connectivity index (χ4n) is 2.06. The van der Waals surface area contributed by atoms with Crippen LogP contribution in [0.15, 0.2) is 18.3 Å². The Balaban J connectivity index is 2.12. The molecule has 0 spiro atoms. The van der Waals surface area contributed by atoms with Crippen LogP contribution in [0.2, 0.25) is 0 Å². The van der Waals surface area contributed by atoms with Crippen molar-refractivity contribution in [3.63, 3.8) is 0 Å². The van der Waals surface area contributed by atoms with Gasteiger partial charge < -0.3 is 10.6 Å². The van der Waals surface area contributed by atoms with E-state index in [2.05, 4.69) is 20.5 Å². The number of carbonyl (C=O) groups is 1. The standard InChI is InChI=1S/C12H18N4O/c1-9-12(17)15-6-7-16(9)8-10-4-3-5-14-11(10)13-2/h3-5,9H,6-8H2,1-2H3,(H,13,14)(H,15,17). The monoisotopic (exact) mass is 234 g/mol. The average Bonchev–Trinajstić information content (AvgIpc) is 2.35. The van der Waals surface area contributed by atoms with Crippen LogP contribution in [-0.2, 0) is 11.3 Å². The number of anilines is 1. The van der Waals surface area contributed by atoms with E-state index < -0.39 is 0 Å². The Morgan fingerprint density at radius 3 is 3.24 bits per heavy atom. The van der Waals surface area contributed by atoms with Crippen molar-refractivity contribution in [3.8, 4) is 0 Å². The minimum absolute atomic E-state index is 0.0753. The fraction of sp³-hybridized carbons (Fsp3) is 0.500. The first kappa shape index (κ1) is 11.9. The number of nitrogens with one attached hydrogen (secondary N) is 2. The largest absolute Gasteiger partial charge is 0.373 e. The second-order valence-electron chi connectivity index (χ2n) is 4.20. The van der Waals surface area contributed by atoms with E-state index in [0.29, 0.717) is 0 Å². The molecule has 1 amide bonds. The maximum absolute atomic E-state index is 11.6. The van der Waals surface area contributed by atoms with Gasteiger partial charge in [-0.25, -0.2) is 4.98 Å². The molecule has 0 bridgehead atoms. The highest BCUT2D eigenvalue weighted by molar-refractivity contribution is 5.82. The van der Waals surface area contributed by atoms with Crippen molar-refractivity contribution in [2.45, 2.75) is 19.5 Å². The Kier molecular flexibility index (Phi) is 3.58. The SMILES string of the molecule is CNc1ncccc1CN1CCNC(=O)C1C. The van der Waals surface area contributed by atoms with Crippen molar-refractivity contribution >= 4 is 11.7 Å². The quantitative estimate of drug-likeness (QED) is 0.797. The molecule has 17 heavy (non-hydrogen) atoms. The molecule has 1 aliphatic rings. The van der Waals surface area contributed by atoms with Crippen LogP contribution < -0.4 is 10.6 Å². The van der Waals surface area contributed by atoms with Gasteiger partial charge in [-0.2, -0.15) is 0 Å². The van der Waals surface area contributed by atoms with Gasteiger partial charge >= 0.3 is 0 Å². The van der Waals surface area contributed by atoms with Gasteiger partial charge in [0.15, 0.2) is 0 Å². The predicted molar refractivity (Wildman–Crippen MR) is 66.7 cm³/mol. The van der Waals surface area contributed by atoms with Gasteiger partial charge in [0, 0.05) is 38.4 Å². The number of nitrogens with zero attached hydrogens (tertiary/aromatic N) is 2. The zero-order valence-corrected chi connectivity index (χ0v) is 10.2. The fourth-order valence-corrected chi connectivity index (χ4v) is 2.06. The highest BCUT2D eigenvalue weighted by Crippen LogP contribution is 2.16. The predicted octanol–water partition coefficient (Wildman–Crippen LogP) is 0.444. The van der Waals surface area contributed by atoms with Crippen LogP contribution in [0.4, 0.5) is 5.82 Å². The van der Waals surface area contributed by atoms with E-state index in [1.54, 1.807) is 6.20 Å². The summed E-state index contributed by atoms with van der Waals surface area (Å²) in [6, 6.07) is 3.89. The lowest BCUT2D eigenvalue weighted by molar-refractivity contribution is -0.128. The molecule has 2 rings (SSSR count). The van der Waals surface area contributed by atoms with E-state index in [4.69, 9.17) is 0 Å². The van der Waals surface area contributed by atoms with Crippen molar-refractivity contribution in [3.05, 3.63) is 23.9 Å². The molecule has 1 aliphatic heterocycles. The molecule has 1 unspecified atom stereocenters. The van der Waals surface area contributed by atoms with Crippen LogP contribution in [0, 0.1) is 0 Å². The van der Waals surface area contributed by atoms with Gasteiger partial charge in [0.25, 0.3) is 0 Å². The minimum atomic E-state index is -0.0753. The Morgan fingerprint density at radius 2 is 2.47 bits per heavy atom. The molecule has 5 nitrogen and oxygen atoms in total. The van der Waals surface area contributed by atoms with Gasteiger partial charge in [-0.1, -0.05) is 6.07 Å². The summed E-state index contributed by atoms with van der Waals surface area (Å²) in [7, 11) is 1.86. The third-order valence-electron chi connectivity index (χ3n) is 3.13. The number of carbonyl (C=O) groups excluding carboxylic acids is 1. The van der Waals surface area contributed by atoms with Gasteiger partial charge in [-0.3, -0.25) is 9.69 Å². The highest BCUT2D eigenvalue weighted by atomic mass is 16.2. The Labute approximate surface area is 101 Å². The van der Waals surface area contributed by atoms with Crippen LogP contribution in [0.5, 0.6) is 0 Å². The van der Waals surface area contributed by atoms with E-state index in [-0.39, 0.29) is 11.9 Å². The summed E-state index contributed by atoms with van der Waals surface area (Å²) in [4.78, 5) is 18.0. The van der Waals surface area contributed by atoms with Crippen LogP contribution in [0.25, 0.3) is 0 Å². The van der Waals surface area contributed by atoms with Crippen LogP contribution >= 0.6 is 0 Å². The molecule has 0 aliphatic carbocycles. The smallest absolute Gasteiger partial charge is 0.237 e. The Bertz CT molecular complexity index is 407. The zero-order valence-electron chi connectivity index (χ0n) is 10.2. The second kappa shape index (κ2) is 5.14. The van der Waals surface area contributed by atoms with Gasteiger partial charge in [0.1, 0.15) is 5.82 Å². The van der Waals surface area contributed by atoms with Gasteiger partial charge in [0.2, 0.25) is 5.91 Å². The molecule has 0 radical (unpaired) electrons. The van der Waals surface area contributed by atoms with Crippen LogP contribution in [0.1, 0.15) is 12.5 Å². The summed E-state index contributed by atoms with van der Waals surface area (Å²) < 4.78 is 0. The first-order valence-corrected chi connectivity index (χ1v) is 5.86. The van der Waals surface area contributed by atoms with Crippen molar-refractivity contribution in [1.82, 2.24) is 15.2 Å². The molecule has 1 saturated heterocycles. The Morgan fingerprint density at radius 1 is 1.65 bits per heavy atom. The molecule has 0 saturated carbocycles. The lowest BCUT2D eigenvalue weighted by Gasteiger charge is -2.32. The molecule has 0 aromatic carbocycles. The molecular weight excluding hydrogens is 216 g/mol. The highest BCUT2D eigenvalue weighted by Gasteiger charge is 2.25. The lowest BCUT2D eigenvalue weighted by Crippen LogP contribution is -2.53. The second-order valence-corrected chi connectivity index (χ2v) is 4.20. The molecule has 2 heterocycles. The topological polar surface area (TPSA) is 57.3 Å². The van der Waals surface area contributed by atoms with Crippen LogP contribution in [0.3, 0.4) is 0 Å². The van der Waals surface area contributed by atoms with Crippen LogP contribution in [-0.4, -0.2) is 42.0 Å². The molecule has 1 aromatic rings. The number of amides is 1. The number of hydrogen-bond donors (Lipinski definition) is 2. The van der Waals surface area contributed by atoms with Gasteiger partial charge in [0.05, 0.1) is 6.04 Å². The molecule has 2 N–H and O–H groups in total. The third-order valence-corrected chi connectivity index (χ3v) is 3.13. The van der Waals surface area contributed by atoms with E-state index in [9.17, 15) is 4.79 Å². The van der Waals surface area contributed by atoms with Crippen molar-refractivity contribution < 1.29 is 4.79 Å². The number of piperazine rings is 1. The maximum Gasteiger partial charge on any atom is 0.237 e. The number of rotatable bonds is 3. The van der Waals surface area contributed by atoms with E-state index in [1.807, 2.05) is 26.1 Å². The summed E-state index contributed by atoms with van der Waals surface area (Å²) in [5, 5.41) is 5.94. The summed E-state index contributed by atoms with van der Waals surface area (Å²) in [5.41, 5.74) is 1.12. The van der Waals surface area contributed by atoms with Crippen molar-refractivity contribution in [2.24, 2.45) is 0 Å². The normalized spacial score (nSPS) is 21.1. The first-order chi connectivity index (χ1) is 8.22. The summed E-state index contributed by atoms with van der Waals surface area (Å²) in [5.74, 6) is 0.983. The molecule has 92 valence electrons. The molecular formula is C12H18N4O. The molecule has 1 aromatic heterocycles. The van der Waals surface area contributed by atoms with E-state index >= 15 is 0 Å². The lowest BCUT2D eigenvalue weighted by atomic mass is 10.1. The number of aromatic nitrogens is 1. The third kappa shape index (κ3) is 2.55.